The average molecular weight is 461 g/mol. The quantitative estimate of drug-likeness (QED) is 0.505. The second-order valence-corrected chi connectivity index (χ2v) is 8.43. The van der Waals surface area contributed by atoms with Crippen LogP contribution in [0.4, 0.5) is 10.2 Å². The molecule has 0 aliphatic carbocycles. The summed E-state index contributed by atoms with van der Waals surface area (Å²) in [6, 6.07) is 7.83. The Balaban J connectivity index is 1.51. The number of pyridine rings is 1. The predicted octanol–water partition coefficient (Wildman–Crippen LogP) is 3.76. The number of amides is 1. The maximum atomic E-state index is 13.3. The molecule has 34 heavy (non-hydrogen) atoms. The zero-order chi connectivity index (χ0) is 23.8. The summed E-state index contributed by atoms with van der Waals surface area (Å²) in [7, 11) is 1.72. The second kappa shape index (κ2) is 11.6. The molecule has 7 heteroatoms. The van der Waals surface area contributed by atoms with Gasteiger partial charge in [-0.2, -0.15) is 0 Å². The highest BCUT2D eigenvalue weighted by atomic mass is 19.1. The number of allylic oxidation sites excluding steroid dienone is 1. The van der Waals surface area contributed by atoms with Gasteiger partial charge in [0.05, 0.1) is 23.8 Å². The van der Waals surface area contributed by atoms with Crippen molar-refractivity contribution < 1.29 is 13.9 Å². The molecule has 1 aromatic heterocycles. The number of piperidine rings is 1. The van der Waals surface area contributed by atoms with Crippen molar-refractivity contribution in [3.63, 3.8) is 0 Å². The Morgan fingerprint density at radius 2 is 2.15 bits per heavy atom. The van der Waals surface area contributed by atoms with Crippen molar-refractivity contribution in [1.82, 2.24) is 10.3 Å². The van der Waals surface area contributed by atoms with Crippen LogP contribution in [0.2, 0.25) is 0 Å². The van der Waals surface area contributed by atoms with Crippen LogP contribution >= 0.6 is 0 Å². The lowest BCUT2D eigenvalue weighted by Crippen LogP contribution is -2.40. The highest BCUT2D eigenvalue weighted by Crippen LogP contribution is 2.23. The fourth-order valence-electron chi connectivity index (χ4n) is 4.08. The molecule has 0 bridgehead atoms. The summed E-state index contributed by atoms with van der Waals surface area (Å²) in [5.74, 6) is 6.50. The van der Waals surface area contributed by atoms with Crippen LogP contribution < -0.4 is 10.2 Å². The largest absolute Gasteiger partial charge is 0.380 e. The number of halogens is 1. The van der Waals surface area contributed by atoms with Crippen LogP contribution in [-0.2, 0) is 4.74 Å². The predicted molar refractivity (Wildman–Crippen MR) is 132 cm³/mol. The highest BCUT2D eigenvalue weighted by molar-refractivity contribution is 5.94. The molecule has 1 atom stereocenters. The van der Waals surface area contributed by atoms with Gasteiger partial charge in [-0.15, -0.1) is 0 Å². The fourth-order valence-corrected chi connectivity index (χ4v) is 4.08. The first-order valence-electron chi connectivity index (χ1n) is 11.6. The van der Waals surface area contributed by atoms with Gasteiger partial charge in [0.15, 0.2) is 0 Å². The zero-order valence-corrected chi connectivity index (χ0v) is 19.4. The number of rotatable bonds is 7. The minimum Gasteiger partial charge on any atom is -0.380 e. The first kappa shape index (κ1) is 23.7. The van der Waals surface area contributed by atoms with Gasteiger partial charge in [-0.1, -0.05) is 17.9 Å². The van der Waals surface area contributed by atoms with Crippen LogP contribution in [0.3, 0.4) is 0 Å². The SMILES string of the molecule is COC1CCCN(c2ncc(C(=O)NCCCC3=CCN=C3)cc2C#Cc2ccc(F)cc2)C1. The van der Waals surface area contributed by atoms with E-state index in [0.29, 0.717) is 23.2 Å². The molecule has 2 aliphatic heterocycles. The first-order chi connectivity index (χ1) is 16.6. The molecule has 176 valence electrons. The Labute approximate surface area is 199 Å². The molecule has 1 N–H and O–H groups in total. The summed E-state index contributed by atoms with van der Waals surface area (Å²) in [6.07, 6.45) is 9.48. The number of hydrogen-bond donors (Lipinski definition) is 1. The molecule has 1 fully saturated rings. The van der Waals surface area contributed by atoms with Gasteiger partial charge in [0, 0.05) is 44.7 Å². The van der Waals surface area contributed by atoms with Gasteiger partial charge in [0.1, 0.15) is 11.6 Å². The summed E-state index contributed by atoms with van der Waals surface area (Å²) < 4.78 is 18.8. The van der Waals surface area contributed by atoms with Gasteiger partial charge >= 0.3 is 0 Å². The zero-order valence-electron chi connectivity index (χ0n) is 19.4. The number of anilines is 1. The summed E-state index contributed by atoms with van der Waals surface area (Å²) >= 11 is 0. The third kappa shape index (κ3) is 6.30. The molecular formula is C27H29FN4O2. The highest BCUT2D eigenvalue weighted by Gasteiger charge is 2.23. The molecular weight excluding hydrogens is 431 g/mol. The number of nitrogens with one attached hydrogen (secondary N) is 1. The van der Waals surface area contributed by atoms with E-state index in [2.05, 4.69) is 38.1 Å². The minimum atomic E-state index is -0.304. The minimum absolute atomic E-state index is 0.136. The van der Waals surface area contributed by atoms with Crippen molar-refractivity contribution >= 4 is 17.9 Å². The number of aliphatic imine (C=N–C) groups is 1. The molecule has 4 rings (SSSR count). The van der Waals surface area contributed by atoms with Crippen LogP contribution in [0.15, 0.2) is 53.2 Å². The maximum absolute atomic E-state index is 13.3. The number of ether oxygens (including phenoxy) is 1. The van der Waals surface area contributed by atoms with Crippen molar-refractivity contribution in [2.75, 3.05) is 38.2 Å². The molecule has 1 unspecified atom stereocenters. The van der Waals surface area contributed by atoms with Crippen LogP contribution in [-0.4, -0.2) is 56.5 Å². The second-order valence-electron chi connectivity index (χ2n) is 8.43. The Hall–Kier alpha value is -3.50. The Morgan fingerprint density at radius 3 is 2.91 bits per heavy atom. The summed E-state index contributed by atoms with van der Waals surface area (Å²) in [5.41, 5.74) is 3.05. The molecule has 1 aromatic carbocycles. The molecule has 0 radical (unpaired) electrons. The van der Waals surface area contributed by atoms with Crippen LogP contribution in [0.5, 0.6) is 0 Å². The molecule has 2 aliphatic rings. The maximum Gasteiger partial charge on any atom is 0.252 e. The van der Waals surface area contributed by atoms with Crippen LogP contribution in [0, 0.1) is 17.7 Å². The van der Waals surface area contributed by atoms with Crippen molar-refractivity contribution in [1.29, 1.82) is 0 Å². The lowest BCUT2D eigenvalue weighted by atomic mass is 10.1. The van der Waals surface area contributed by atoms with E-state index in [4.69, 9.17) is 4.74 Å². The Bertz CT molecular complexity index is 1130. The van der Waals surface area contributed by atoms with E-state index in [1.165, 1.54) is 17.7 Å². The molecule has 1 amide bonds. The normalized spacial score (nSPS) is 17.2. The molecule has 3 heterocycles. The van der Waals surface area contributed by atoms with E-state index in [0.717, 1.165) is 51.1 Å². The number of nitrogens with zero attached hydrogens (tertiary/aromatic N) is 3. The van der Waals surface area contributed by atoms with Crippen molar-refractivity contribution in [2.24, 2.45) is 4.99 Å². The molecule has 0 saturated carbocycles. The molecule has 6 nitrogen and oxygen atoms in total. The van der Waals surface area contributed by atoms with Gasteiger partial charge in [0.25, 0.3) is 5.91 Å². The number of hydrogen-bond acceptors (Lipinski definition) is 5. The fraction of sp³-hybridized carbons (Fsp3) is 0.370. The molecule has 2 aromatic rings. The molecule has 1 saturated heterocycles. The van der Waals surface area contributed by atoms with Crippen molar-refractivity contribution in [3.8, 4) is 11.8 Å². The van der Waals surface area contributed by atoms with Crippen LogP contribution in [0.1, 0.15) is 47.2 Å². The standard InChI is InChI=1S/C27H29FN4O2/c1-34-25-5-3-15-32(19-25)26-22(9-6-20-7-10-24(28)11-8-20)16-23(18-31-26)27(33)30-13-2-4-21-12-14-29-17-21/h7-8,10-12,16-18,25H,2-5,13-15,19H2,1H3,(H,30,33). The summed E-state index contributed by atoms with van der Waals surface area (Å²) in [6.45, 7) is 2.90. The van der Waals surface area contributed by atoms with E-state index in [1.54, 1.807) is 31.5 Å². The lowest BCUT2D eigenvalue weighted by molar-refractivity contribution is 0.0890. The van der Waals surface area contributed by atoms with Gasteiger partial charge in [-0.05, 0) is 61.6 Å². The smallest absolute Gasteiger partial charge is 0.252 e. The lowest BCUT2D eigenvalue weighted by Gasteiger charge is -2.33. The van der Waals surface area contributed by atoms with E-state index < -0.39 is 0 Å². The van der Waals surface area contributed by atoms with E-state index in [-0.39, 0.29) is 17.8 Å². The number of aromatic nitrogens is 1. The third-order valence-corrected chi connectivity index (χ3v) is 5.97. The Morgan fingerprint density at radius 1 is 1.29 bits per heavy atom. The van der Waals surface area contributed by atoms with Crippen LogP contribution in [0.25, 0.3) is 0 Å². The van der Waals surface area contributed by atoms with E-state index in [9.17, 15) is 9.18 Å². The first-order valence-corrected chi connectivity index (χ1v) is 11.6. The van der Waals surface area contributed by atoms with E-state index in [1.807, 2.05) is 6.21 Å². The van der Waals surface area contributed by atoms with Gasteiger partial charge < -0.3 is 15.0 Å². The van der Waals surface area contributed by atoms with Crippen molar-refractivity contribution in [3.05, 3.63) is 70.7 Å². The third-order valence-electron chi connectivity index (χ3n) is 5.97. The molecule has 0 spiro atoms. The topological polar surface area (TPSA) is 66.8 Å². The van der Waals surface area contributed by atoms with Crippen molar-refractivity contribution in [2.45, 2.75) is 31.8 Å². The summed E-state index contributed by atoms with van der Waals surface area (Å²) in [4.78, 5) is 23.7. The number of carbonyl (C=O) groups is 1. The number of methoxy groups -OCH3 is 1. The van der Waals surface area contributed by atoms with Gasteiger partial charge in [0.2, 0.25) is 0 Å². The van der Waals surface area contributed by atoms with Gasteiger partial charge in [-0.25, -0.2) is 9.37 Å². The monoisotopic (exact) mass is 460 g/mol. The Kier molecular flexibility index (Phi) is 8.05. The number of benzene rings is 1. The number of carbonyl (C=O) groups excluding carboxylic acids is 1. The summed E-state index contributed by atoms with van der Waals surface area (Å²) in [5, 5.41) is 2.97. The van der Waals surface area contributed by atoms with E-state index >= 15 is 0 Å². The van der Waals surface area contributed by atoms with Gasteiger partial charge in [-0.3, -0.25) is 9.79 Å². The average Bonchev–Trinajstić information content (AvgIpc) is 3.39.